The molecule has 2 fully saturated rings. The van der Waals surface area contributed by atoms with Crippen LogP contribution in [0, 0.1) is 0 Å². The number of likely N-dealkylation sites (tertiary alicyclic amines) is 2. The second-order valence-electron chi connectivity index (χ2n) is 5.81. The highest BCUT2D eigenvalue weighted by Gasteiger charge is 2.28. The van der Waals surface area contributed by atoms with Crippen LogP contribution in [-0.2, 0) is 11.2 Å². The molecular weight excluding hydrogens is 254 g/mol. The number of hydrogen-bond acceptors (Lipinski definition) is 4. The van der Waals surface area contributed by atoms with Crippen molar-refractivity contribution < 1.29 is 4.79 Å². The summed E-state index contributed by atoms with van der Waals surface area (Å²) < 4.78 is 0. The van der Waals surface area contributed by atoms with E-state index in [1.807, 2.05) is 4.90 Å². The van der Waals surface area contributed by atoms with Crippen molar-refractivity contribution in [2.24, 2.45) is 0 Å². The SMILES string of the molecule is O=C(CCc1ncn[nH]1)N1CCCC(N2CCCC2)C1. The fourth-order valence-electron chi connectivity index (χ4n) is 3.32. The molecule has 0 spiro atoms. The van der Waals surface area contributed by atoms with Crippen molar-refractivity contribution in [2.45, 2.75) is 44.6 Å². The summed E-state index contributed by atoms with van der Waals surface area (Å²) in [6.07, 6.45) is 7.68. The topological polar surface area (TPSA) is 65.1 Å². The number of carbonyl (C=O) groups is 1. The maximum Gasteiger partial charge on any atom is 0.223 e. The second kappa shape index (κ2) is 6.35. The Hall–Kier alpha value is -1.43. The lowest BCUT2D eigenvalue weighted by molar-refractivity contribution is -0.133. The van der Waals surface area contributed by atoms with Gasteiger partial charge in [-0.25, -0.2) is 4.98 Å². The van der Waals surface area contributed by atoms with Gasteiger partial charge in [0, 0.05) is 32.0 Å². The highest BCUT2D eigenvalue weighted by Crippen LogP contribution is 2.21. The van der Waals surface area contributed by atoms with Gasteiger partial charge < -0.3 is 4.90 Å². The van der Waals surface area contributed by atoms with Crippen molar-refractivity contribution in [3.05, 3.63) is 12.2 Å². The molecule has 1 amide bonds. The third-order valence-corrected chi connectivity index (χ3v) is 4.45. The monoisotopic (exact) mass is 277 g/mol. The fourth-order valence-corrected chi connectivity index (χ4v) is 3.32. The van der Waals surface area contributed by atoms with E-state index in [-0.39, 0.29) is 5.91 Å². The Morgan fingerprint density at radius 3 is 2.90 bits per heavy atom. The van der Waals surface area contributed by atoms with Gasteiger partial charge in [0.15, 0.2) is 0 Å². The molecule has 110 valence electrons. The van der Waals surface area contributed by atoms with Crippen molar-refractivity contribution >= 4 is 5.91 Å². The van der Waals surface area contributed by atoms with Gasteiger partial charge in [0.25, 0.3) is 0 Å². The van der Waals surface area contributed by atoms with E-state index in [0.717, 1.165) is 25.3 Å². The number of aryl methyl sites for hydroxylation is 1. The highest BCUT2D eigenvalue weighted by molar-refractivity contribution is 5.76. The second-order valence-corrected chi connectivity index (χ2v) is 5.81. The lowest BCUT2D eigenvalue weighted by Gasteiger charge is -2.37. The summed E-state index contributed by atoms with van der Waals surface area (Å²) in [6.45, 7) is 4.25. The van der Waals surface area contributed by atoms with Gasteiger partial charge in [-0.15, -0.1) is 0 Å². The molecule has 6 heteroatoms. The number of piperidine rings is 1. The molecule has 20 heavy (non-hydrogen) atoms. The Labute approximate surface area is 119 Å². The first-order valence-corrected chi connectivity index (χ1v) is 7.69. The summed E-state index contributed by atoms with van der Waals surface area (Å²) in [5.41, 5.74) is 0. The van der Waals surface area contributed by atoms with Crippen molar-refractivity contribution in [3.8, 4) is 0 Å². The smallest absolute Gasteiger partial charge is 0.223 e. The number of aromatic amines is 1. The van der Waals surface area contributed by atoms with Gasteiger partial charge in [0.05, 0.1) is 0 Å². The van der Waals surface area contributed by atoms with E-state index in [4.69, 9.17) is 0 Å². The van der Waals surface area contributed by atoms with Crippen LogP contribution in [0.25, 0.3) is 0 Å². The Morgan fingerprint density at radius 2 is 2.15 bits per heavy atom. The summed E-state index contributed by atoms with van der Waals surface area (Å²) in [7, 11) is 0. The zero-order chi connectivity index (χ0) is 13.8. The minimum Gasteiger partial charge on any atom is -0.341 e. The van der Waals surface area contributed by atoms with Gasteiger partial charge in [-0.1, -0.05) is 0 Å². The van der Waals surface area contributed by atoms with Crippen molar-refractivity contribution in [1.82, 2.24) is 25.0 Å². The van der Waals surface area contributed by atoms with Crippen LogP contribution in [0.3, 0.4) is 0 Å². The first-order valence-electron chi connectivity index (χ1n) is 7.69. The van der Waals surface area contributed by atoms with Crippen LogP contribution < -0.4 is 0 Å². The molecule has 2 saturated heterocycles. The van der Waals surface area contributed by atoms with Crippen molar-refractivity contribution in [1.29, 1.82) is 0 Å². The molecule has 0 radical (unpaired) electrons. The standard InChI is InChI=1S/C14H23N5O/c20-14(6-5-13-15-11-16-17-13)19-9-3-4-12(10-19)18-7-1-2-8-18/h11-12H,1-10H2,(H,15,16,17). The minimum atomic E-state index is 0.255. The van der Waals surface area contributed by atoms with Crippen LogP contribution >= 0.6 is 0 Å². The Morgan fingerprint density at radius 1 is 1.30 bits per heavy atom. The number of nitrogens with one attached hydrogen (secondary N) is 1. The summed E-state index contributed by atoms with van der Waals surface area (Å²) >= 11 is 0. The molecule has 0 saturated carbocycles. The third kappa shape index (κ3) is 3.17. The molecule has 1 atom stereocenters. The zero-order valence-electron chi connectivity index (χ0n) is 11.9. The van der Waals surface area contributed by atoms with E-state index in [1.54, 1.807) is 0 Å². The van der Waals surface area contributed by atoms with Crippen LogP contribution in [0.2, 0.25) is 0 Å². The predicted molar refractivity (Wildman–Crippen MR) is 75.1 cm³/mol. The van der Waals surface area contributed by atoms with Gasteiger partial charge in [-0.2, -0.15) is 5.10 Å². The molecule has 0 aliphatic carbocycles. The van der Waals surface area contributed by atoms with Crippen LogP contribution in [-0.4, -0.2) is 63.1 Å². The molecule has 0 bridgehead atoms. The number of carbonyl (C=O) groups excluding carboxylic acids is 1. The molecule has 1 aromatic rings. The van der Waals surface area contributed by atoms with Crippen LogP contribution in [0.4, 0.5) is 0 Å². The normalized spacial score (nSPS) is 24.2. The zero-order valence-corrected chi connectivity index (χ0v) is 11.9. The molecule has 1 N–H and O–H groups in total. The number of H-pyrrole nitrogens is 1. The van der Waals surface area contributed by atoms with Crippen molar-refractivity contribution in [3.63, 3.8) is 0 Å². The molecule has 2 aliphatic heterocycles. The van der Waals surface area contributed by atoms with Crippen LogP contribution in [0.5, 0.6) is 0 Å². The summed E-state index contributed by atoms with van der Waals surface area (Å²) in [5, 5.41) is 6.62. The Balaban J connectivity index is 1.49. The van der Waals surface area contributed by atoms with E-state index in [9.17, 15) is 4.79 Å². The average Bonchev–Trinajstić information content (AvgIpc) is 3.18. The largest absolute Gasteiger partial charge is 0.341 e. The molecular formula is C14H23N5O. The molecule has 2 aliphatic rings. The fraction of sp³-hybridized carbons (Fsp3) is 0.786. The van der Waals surface area contributed by atoms with E-state index in [2.05, 4.69) is 20.1 Å². The van der Waals surface area contributed by atoms with Crippen LogP contribution in [0.15, 0.2) is 6.33 Å². The van der Waals surface area contributed by atoms with Gasteiger partial charge in [0.2, 0.25) is 5.91 Å². The molecule has 1 unspecified atom stereocenters. The van der Waals surface area contributed by atoms with E-state index in [1.165, 1.54) is 38.7 Å². The summed E-state index contributed by atoms with van der Waals surface area (Å²) in [5.74, 6) is 1.05. The van der Waals surface area contributed by atoms with E-state index in [0.29, 0.717) is 18.9 Å². The predicted octanol–water partition coefficient (Wildman–Crippen LogP) is 0.824. The lowest BCUT2D eigenvalue weighted by atomic mass is 10.0. The summed E-state index contributed by atoms with van der Waals surface area (Å²) in [4.78, 5) is 21.0. The first kappa shape index (κ1) is 13.5. The number of rotatable bonds is 4. The van der Waals surface area contributed by atoms with E-state index >= 15 is 0 Å². The Kier molecular flexibility index (Phi) is 4.30. The number of hydrogen-bond donors (Lipinski definition) is 1. The lowest BCUT2D eigenvalue weighted by Crippen LogP contribution is -2.49. The molecule has 3 rings (SSSR count). The van der Waals surface area contributed by atoms with Gasteiger partial charge in [-0.3, -0.25) is 14.8 Å². The summed E-state index contributed by atoms with van der Waals surface area (Å²) in [6, 6.07) is 0.584. The molecule has 3 heterocycles. The number of aromatic nitrogens is 3. The maximum atomic E-state index is 12.3. The molecule has 1 aromatic heterocycles. The van der Waals surface area contributed by atoms with Gasteiger partial charge in [0.1, 0.15) is 12.2 Å². The molecule has 0 aromatic carbocycles. The van der Waals surface area contributed by atoms with Gasteiger partial charge >= 0.3 is 0 Å². The first-order chi connectivity index (χ1) is 9.83. The minimum absolute atomic E-state index is 0.255. The molecule has 6 nitrogen and oxygen atoms in total. The average molecular weight is 277 g/mol. The Bertz CT molecular complexity index is 427. The van der Waals surface area contributed by atoms with Crippen molar-refractivity contribution in [2.75, 3.05) is 26.2 Å². The number of nitrogens with zero attached hydrogens (tertiary/aromatic N) is 4. The van der Waals surface area contributed by atoms with Crippen LogP contribution in [0.1, 0.15) is 37.9 Å². The maximum absolute atomic E-state index is 12.3. The quantitative estimate of drug-likeness (QED) is 0.885. The number of amides is 1. The highest BCUT2D eigenvalue weighted by atomic mass is 16.2. The third-order valence-electron chi connectivity index (χ3n) is 4.45. The van der Waals surface area contributed by atoms with Gasteiger partial charge in [-0.05, 0) is 38.8 Å². The van der Waals surface area contributed by atoms with E-state index < -0.39 is 0 Å².